The second kappa shape index (κ2) is 6.49. The van der Waals surface area contributed by atoms with Gasteiger partial charge in [0, 0.05) is 6.07 Å². The summed E-state index contributed by atoms with van der Waals surface area (Å²) in [5.74, 6) is -0.146. The Morgan fingerprint density at radius 2 is 1.78 bits per heavy atom. The molecule has 0 aromatic heterocycles. The molecule has 0 unspecified atom stereocenters. The Morgan fingerprint density at radius 1 is 1.22 bits per heavy atom. The average molecular weight is 275 g/mol. The van der Waals surface area contributed by atoms with Crippen molar-refractivity contribution in [1.29, 1.82) is 0 Å². The van der Waals surface area contributed by atoms with Gasteiger partial charge in [-0.15, -0.1) is 0 Å². The lowest BCUT2D eigenvalue weighted by atomic mass is 10.3. The third-order valence-corrected chi connectivity index (χ3v) is 3.42. The van der Waals surface area contributed by atoms with E-state index in [9.17, 15) is 14.7 Å². The van der Waals surface area contributed by atoms with E-state index < -0.39 is 12.7 Å². The van der Waals surface area contributed by atoms with Crippen molar-refractivity contribution in [3.63, 3.8) is 0 Å². The van der Waals surface area contributed by atoms with Gasteiger partial charge in [-0.05, 0) is 19.9 Å². The van der Waals surface area contributed by atoms with Gasteiger partial charge < -0.3 is 4.52 Å². The van der Waals surface area contributed by atoms with Crippen LogP contribution in [-0.4, -0.2) is 18.1 Å². The SMILES string of the molecule is CCOP(=O)(OCC)Oc1ccccc1[N+](=O)[O-]. The van der Waals surface area contributed by atoms with Gasteiger partial charge in [0.2, 0.25) is 5.75 Å². The molecule has 0 saturated heterocycles. The Bertz CT molecular complexity index is 453. The van der Waals surface area contributed by atoms with Gasteiger partial charge in [0.15, 0.2) is 0 Å². The highest BCUT2D eigenvalue weighted by molar-refractivity contribution is 7.48. The largest absolute Gasteiger partial charge is 0.530 e. The summed E-state index contributed by atoms with van der Waals surface area (Å²) >= 11 is 0. The summed E-state index contributed by atoms with van der Waals surface area (Å²) in [7, 11) is -3.81. The molecule has 0 aliphatic carbocycles. The number of benzene rings is 1. The molecule has 8 heteroatoms. The molecule has 0 N–H and O–H groups in total. The van der Waals surface area contributed by atoms with Crippen molar-refractivity contribution in [2.45, 2.75) is 13.8 Å². The monoisotopic (exact) mass is 275 g/mol. The fourth-order valence-corrected chi connectivity index (χ4v) is 2.42. The molecule has 0 atom stereocenters. The van der Waals surface area contributed by atoms with Crippen LogP contribution in [0.3, 0.4) is 0 Å². The van der Waals surface area contributed by atoms with Gasteiger partial charge in [-0.2, -0.15) is 0 Å². The number of para-hydroxylation sites is 2. The van der Waals surface area contributed by atoms with Crippen LogP contribution in [0.25, 0.3) is 0 Å². The van der Waals surface area contributed by atoms with E-state index in [-0.39, 0.29) is 24.7 Å². The third-order valence-electron chi connectivity index (χ3n) is 1.85. The smallest absolute Gasteiger partial charge is 0.397 e. The first-order valence-corrected chi connectivity index (χ1v) is 6.80. The first-order valence-electron chi connectivity index (χ1n) is 5.34. The molecular formula is C10H14NO6P. The van der Waals surface area contributed by atoms with Gasteiger partial charge in [-0.1, -0.05) is 12.1 Å². The number of nitro groups is 1. The number of nitro benzene ring substituents is 1. The van der Waals surface area contributed by atoms with Crippen molar-refractivity contribution in [2.24, 2.45) is 0 Å². The van der Waals surface area contributed by atoms with Crippen molar-refractivity contribution in [1.82, 2.24) is 0 Å². The van der Waals surface area contributed by atoms with Crippen LogP contribution in [0.2, 0.25) is 0 Å². The zero-order chi connectivity index (χ0) is 13.6. The van der Waals surface area contributed by atoms with Gasteiger partial charge in [0.25, 0.3) is 0 Å². The van der Waals surface area contributed by atoms with Crippen LogP contribution >= 0.6 is 7.82 Å². The Hall–Kier alpha value is -1.43. The van der Waals surface area contributed by atoms with Crippen molar-refractivity contribution >= 4 is 13.5 Å². The third kappa shape index (κ3) is 3.80. The van der Waals surface area contributed by atoms with Crippen LogP contribution in [0.5, 0.6) is 5.75 Å². The van der Waals surface area contributed by atoms with Crippen molar-refractivity contribution in [3.05, 3.63) is 34.4 Å². The molecule has 7 nitrogen and oxygen atoms in total. The van der Waals surface area contributed by atoms with E-state index in [1.165, 1.54) is 24.3 Å². The first-order chi connectivity index (χ1) is 8.52. The maximum atomic E-state index is 12.1. The fourth-order valence-electron chi connectivity index (χ4n) is 1.21. The molecule has 0 bridgehead atoms. The van der Waals surface area contributed by atoms with Gasteiger partial charge in [-0.25, -0.2) is 4.57 Å². The number of phosphoric acid groups is 1. The maximum absolute atomic E-state index is 12.1. The minimum absolute atomic E-state index is 0.109. The predicted molar refractivity (Wildman–Crippen MR) is 64.6 cm³/mol. The van der Waals surface area contributed by atoms with E-state index in [0.717, 1.165) is 0 Å². The van der Waals surface area contributed by atoms with Gasteiger partial charge in [0.1, 0.15) is 0 Å². The average Bonchev–Trinajstić information content (AvgIpc) is 2.29. The van der Waals surface area contributed by atoms with Gasteiger partial charge in [0.05, 0.1) is 18.1 Å². The second-order valence-corrected chi connectivity index (χ2v) is 4.69. The van der Waals surface area contributed by atoms with Crippen LogP contribution in [0.15, 0.2) is 24.3 Å². The summed E-state index contributed by atoms with van der Waals surface area (Å²) in [5.41, 5.74) is -0.294. The molecule has 0 fully saturated rings. The second-order valence-electron chi connectivity index (χ2n) is 3.10. The summed E-state index contributed by atoms with van der Waals surface area (Å²) in [6, 6.07) is 5.60. The normalized spacial score (nSPS) is 11.2. The summed E-state index contributed by atoms with van der Waals surface area (Å²) in [4.78, 5) is 10.2. The predicted octanol–water partition coefficient (Wildman–Crippen LogP) is 3.15. The number of rotatable bonds is 7. The Kier molecular flexibility index (Phi) is 5.27. The van der Waals surface area contributed by atoms with E-state index in [0.29, 0.717) is 0 Å². The van der Waals surface area contributed by atoms with Crippen LogP contribution in [0.1, 0.15) is 13.8 Å². The Morgan fingerprint density at radius 3 is 2.28 bits per heavy atom. The minimum Gasteiger partial charge on any atom is -0.397 e. The highest BCUT2D eigenvalue weighted by atomic mass is 31.2. The Labute approximate surface area is 104 Å². The number of nitrogens with zero attached hydrogens (tertiary/aromatic N) is 1. The van der Waals surface area contributed by atoms with E-state index in [1.54, 1.807) is 13.8 Å². The fraction of sp³-hybridized carbons (Fsp3) is 0.400. The molecule has 100 valence electrons. The lowest BCUT2D eigenvalue weighted by Crippen LogP contribution is -2.03. The summed E-state index contributed by atoms with van der Waals surface area (Å²) < 4.78 is 26.9. The van der Waals surface area contributed by atoms with Gasteiger partial charge in [-0.3, -0.25) is 19.2 Å². The van der Waals surface area contributed by atoms with Crippen LogP contribution in [0, 0.1) is 10.1 Å². The number of hydrogen-bond donors (Lipinski definition) is 0. The van der Waals surface area contributed by atoms with Crippen molar-refractivity contribution < 1.29 is 23.1 Å². The van der Waals surface area contributed by atoms with Crippen LogP contribution < -0.4 is 4.52 Å². The topological polar surface area (TPSA) is 87.9 Å². The maximum Gasteiger partial charge on any atom is 0.530 e. The zero-order valence-electron chi connectivity index (χ0n) is 10.1. The van der Waals surface area contributed by atoms with Crippen molar-refractivity contribution in [2.75, 3.05) is 13.2 Å². The Balaban J connectivity index is 3.01. The molecule has 1 rings (SSSR count). The highest BCUT2D eigenvalue weighted by Gasteiger charge is 2.30. The summed E-state index contributed by atoms with van der Waals surface area (Å²) in [6.07, 6.45) is 0. The number of hydrogen-bond acceptors (Lipinski definition) is 6. The molecule has 1 aromatic carbocycles. The van der Waals surface area contributed by atoms with E-state index in [2.05, 4.69) is 0 Å². The van der Waals surface area contributed by atoms with Crippen LogP contribution in [-0.2, 0) is 13.6 Å². The molecular weight excluding hydrogens is 261 g/mol. The molecule has 0 radical (unpaired) electrons. The van der Waals surface area contributed by atoms with E-state index in [1.807, 2.05) is 0 Å². The standard InChI is InChI=1S/C10H14NO6P/c1-3-15-18(14,16-4-2)17-10-8-6-5-7-9(10)11(12)13/h5-8H,3-4H2,1-2H3. The molecule has 0 aliphatic rings. The number of phosphoric ester groups is 1. The van der Waals surface area contributed by atoms with Gasteiger partial charge >= 0.3 is 13.5 Å². The van der Waals surface area contributed by atoms with Crippen LogP contribution in [0.4, 0.5) is 5.69 Å². The lowest BCUT2D eigenvalue weighted by molar-refractivity contribution is -0.385. The molecule has 0 spiro atoms. The molecule has 0 heterocycles. The van der Waals surface area contributed by atoms with E-state index >= 15 is 0 Å². The molecule has 18 heavy (non-hydrogen) atoms. The molecule has 0 aliphatic heterocycles. The lowest BCUT2D eigenvalue weighted by Gasteiger charge is -2.16. The molecule has 1 aromatic rings. The minimum atomic E-state index is -3.81. The zero-order valence-corrected chi connectivity index (χ0v) is 11.0. The summed E-state index contributed by atoms with van der Waals surface area (Å²) in [5, 5.41) is 10.8. The molecule has 0 amide bonds. The molecule has 0 saturated carbocycles. The quantitative estimate of drug-likeness (QED) is 0.431. The summed E-state index contributed by atoms with van der Waals surface area (Å²) in [6.45, 7) is 3.46. The van der Waals surface area contributed by atoms with E-state index in [4.69, 9.17) is 13.6 Å². The highest BCUT2D eigenvalue weighted by Crippen LogP contribution is 2.50. The first kappa shape index (κ1) is 14.6. The van der Waals surface area contributed by atoms with Crippen molar-refractivity contribution in [3.8, 4) is 5.75 Å².